The van der Waals surface area contributed by atoms with Crippen molar-refractivity contribution in [1.29, 1.82) is 0 Å². The molecular weight excluding hydrogens is 252 g/mol. The Morgan fingerprint density at radius 2 is 2.31 bits per heavy atom. The molecular formula is C9H17ClN2O3S. The topological polar surface area (TPSA) is 59.8 Å². The molecule has 0 aromatic heterocycles. The maximum absolute atomic E-state index is 11.2. The van der Waals surface area contributed by atoms with Gasteiger partial charge in [-0.1, -0.05) is 11.8 Å². The molecule has 5 nitrogen and oxygen atoms in total. The summed E-state index contributed by atoms with van der Waals surface area (Å²) in [6.45, 7) is 1.14. The van der Waals surface area contributed by atoms with Crippen molar-refractivity contribution in [2.45, 2.75) is 12.5 Å². The number of thioether (sulfide) groups is 1. The first-order valence-corrected chi connectivity index (χ1v) is 5.97. The van der Waals surface area contributed by atoms with Crippen LogP contribution >= 0.6 is 11.8 Å². The van der Waals surface area contributed by atoms with E-state index in [2.05, 4.69) is 5.32 Å². The average molecular weight is 269 g/mol. The fraction of sp³-hybridized carbons (Fsp3) is 0.778. The van der Waals surface area contributed by atoms with Crippen molar-refractivity contribution < 1.29 is 31.6 Å². The number of carbonyl (C=O) groups is 2. The van der Waals surface area contributed by atoms with Gasteiger partial charge in [0.15, 0.2) is 0 Å². The monoisotopic (exact) mass is 268 g/mol. The van der Waals surface area contributed by atoms with Gasteiger partial charge in [0.1, 0.15) is 19.2 Å². The highest BCUT2D eigenvalue weighted by Crippen LogP contribution is 2.19. The fourth-order valence-corrected chi connectivity index (χ4v) is 2.09. The van der Waals surface area contributed by atoms with Crippen LogP contribution in [0, 0.1) is 0 Å². The summed E-state index contributed by atoms with van der Waals surface area (Å²) in [6, 6.07) is -0.353. The molecule has 0 radical (unpaired) electrons. The molecule has 7 heteroatoms. The van der Waals surface area contributed by atoms with E-state index in [-0.39, 0.29) is 23.6 Å². The molecule has 0 bridgehead atoms. The van der Waals surface area contributed by atoms with Crippen molar-refractivity contribution >= 4 is 23.0 Å². The molecule has 0 spiro atoms. The van der Waals surface area contributed by atoms with Gasteiger partial charge in [0.25, 0.3) is 0 Å². The number of hydrogen-bond donors (Lipinski definition) is 2. The van der Waals surface area contributed by atoms with Gasteiger partial charge in [0.2, 0.25) is 5.12 Å². The van der Waals surface area contributed by atoms with Crippen LogP contribution in [0.3, 0.4) is 0 Å². The van der Waals surface area contributed by atoms with Crippen molar-refractivity contribution in [2.24, 2.45) is 0 Å². The van der Waals surface area contributed by atoms with Crippen LogP contribution in [-0.4, -0.2) is 50.3 Å². The first-order valence-electron chi connectivity index (χ1n) is 4.98. The highest BCUT2D eigenvalue weighted by Gasteiger charge is 2.27. The molecule has 0 aromatic carbocycles. The lowest BCUT2D eigenvalue weighted by Gasteiger charge is -2.11. The van der Waals surface area contributed by atoms with E-state index in [0.29, 0.717) is 13.0 Å². The zero-order valence-corrected chi connectivity index (χ0v) is 11.0. The van der Waals surface area contributed by atoms with E-state index in [4.69, 9.17) is 4.74 Å². The average Bonchev–Trinajstić information content (AvgIpc) is 2.51. The normalized spacial score (nSPS) is 19.4. The second-order valence-corrected chi connectivity index (χ2v) is 4.85. The molecule has 1 amide bonds. The Bertz CT molecular complexity index is 251. The van der Waals surface area contributed by atoms with E-state index in [0.717, 1.165) is 12.3 Å². The summed E-state index contributed by atoms with van der Waals surface area (Å²) in [5.74, 6) is 0.783. The van der Waals surface area contributed by atoms with Crippen LogP contribution in [0.1, 0.15) is 6.42 Å². The molecule has 1 rings (SSSR count). The van der Waals surface area contributed by atoms with Gasteiger partial charge in [-0.15, -0.1) is 0 Å². The van der Waals surface area contributed by atoms with Gasteiger partial charge < -0.3 is 27.4 Å². The number of halogens is 1. The summed E-state index contributed by atoms with van der Waals surface area (Å²) in [6.07, 6.45) is 0.217. The van der Waals surface area contributed by atoms with Gasteiger partial charge in [0, 0.05) is 5.75 Å². The second-order valence-electron chi connectivity index (χ2n) is 3.75. The molecule has 1 fully saturated rings. The Hall–Kier alpha value is -0.460. The minimum atomic E-state index is -0.489. The summed E-state index contributed by atoms with van der Waals surface area (Å²) >= 11 is 1.26. The third-order valence-corrected chi connectivity index (χ3v) is 3.07. The first kappa shape index (κ1) is 15.5. The molecule has 0 aromatic rings. The van der Waals surface area contributed by atoms with E-state index in [1.165, 1.54) is 16.7 Å². The molecule has 1 heterocycles. The molecule has 0 aliphatic carbocycles. The zero-order valence-electron chi connectivity index (χ0n) is 9.42. The van der Waals surface area contributed by atoms with Crippen LogP contribution in [0.15, 0.2) is 0 Å². The Morgan fingerprint density at radius 1 is 1.62 bits per heavy atom. The Balaban J connectivity index is 0.00000225. The predicted octanol–water partition coefficient (Wildman–Crippen LogP) is -4.11. The number of amides is 1. The van der Waals surface area contributed by atoms with E-state index in [1.54, 1.807) is 0 Å². The molecule has 1 saturated heterocycles. The van der Waals surface area contributed by atoms with Gasteiger partial charge in [-0.3, -0.25) is 4.79 Å². The largest absolute Gasteiger partial charge is 1.00 e. The number of quaternary nitrogens is 1. The van der Waals surface area contributed by atoms with Crippen LogP contribution in [0.25, 0.3) is 0 Å². The fourth-order valence-electron chi connectivity index (χ4n) is 1.16. The quantitative estimate of drug-likeness (QED) is 0.544. The SMILES string of the molecule is C[NH+](C)CCOC(=O)NC1CCSC1=O.[Cl-]. The van der Waals surface area contributed by atoms with Crippen molar-refractivity contribution in [2.75, 3.05) is 33.0 Å². The van der Waals surface area contributed by atoms with Crippen LogP contribution in [0.2, 0.25) is 0 Å². The lowest BCUT2D eigenvalue weighted by atomic mass is 10.3. The maximum atomic E-state index is 11.2. The van der Waals surface area contributed by atoms with Gasteiger partial charge in [-0.2, -0.15) is 0 Å². The van der Waals surface area contributed by atoms with E-state index in [1.807, 2.05) is 14.1 Å². The van der Waals surface area contributed by atoms with E-state index in [9.17, 15) is 9.59 Å². The van der Waals surface area contributed by atoms with Crippen molar-refractivity contribution in [1.82, 2.24) is 5.32 Å². The number of hydrogen-bond acceptors (Lipinski definition) is 4. The Labute approximate surface area is 106 Å². The highest BCUT2D eigenvalue weighted by atomic mass is 35.5. The summed E-state index contributed by atoms with van der Waals surface area (Å²) in [7, 11) is 3.97. The molecule has 16 heavy (non-hydrogen) atoms. The lowest BCUT2D eigenvalue weighted by Crippen LogP contribution is -3.06. The lowest BCUT2D eigenvalue weighted by molar-refractivity contribution is -0.858. The molecule has 1 unspecified atom stereocenters. The predicted molar refractivity (Wildman–Crippen MR) is 58.0 cm³/mol. The third kappa shape index (κ3) is 5.58. The van der Waals surface area contributed by atoms with Crippen LogP contribution in [0.4, 0.5) is 4.79 Å². The highest BCUT2D eigenvalue weighted by molar-refractivity contribution is 8.14. The number of likely N-dealkylation sites (N-methyl/N-ethyl adjacent to an activating group) is 1. The van der Waals surface area contributed by atoms with Gasteiger partial charge in [-0.05, 0) is 6.42 Å². The zero-order chi connectivity index (χ0) is 11.3. The minimum absolute atomic E-state index is 0. The number of carbonyl (C=O) groups excluding carboxylic acids is 2. The van der Waals surface area contributed by atoms with Crippen molar-refractivity contribution in [3.8, 4) is 0 Å². The van der Waals surface area contributed by atoms with Crippen LogP contribution in [0.5, 0.6) is 0 Å². The van der Waals surface area contributed by atoms with Gasteiger partial charge in [-0.25, -0.2) is 4.79 Å². The summed E-state index contributed by atoms with van der Waals surface area (Å²) in [5, 5.41) is 2.59. The molecule has 94 valence electrons. The number of nitrogens with one attached hydrogen (secondary N) is 2. The molecule has 2 N–H and O–H groups in total. The van der Waals surface area contributed by atoms with Gasteiger partial charge in [0.05, 0.1) is 14.1 Å². The number of rotatable bonds is 4. The molecule has 1 atom stereocenters. The summed E-state index contributed by atoms with van der Waals surface area (Å²) < 4.78 is 4.93. The molecule has 1 aliphatic heterocycles. The van der Waals surface area contributed by atoms with Gasteiger partial charge >= 0.3 is 6.09 Å². The summed E-state index contributed by atoms with van der Waals surface area (Å²) in [5.41, 5.74) is 0. The van der Waals surface area contributed by atoms with Crippen molar-refractivity contribution in [3.63, 3.8) is 0 Å². The van der Waals surface area contributed by atoms with Crippen LogP contribution in [-0.2, 0) is 9.53 Å². The standard InChI is InChI=1S/C9H16N2O3S.ClH/c1-11(2)4-5-14-9(13)10-7-3-6-15-8(7)12;/h7H,3-6H2,1-2H3,(H,10,13);1H. The van der Waals surface area contributed by atoms with E-state index >= 15 is 0 Å². The summed E-state index contributed by atoms with van der Waals surface area (Å²) in [4.78, 5) is 23.6. The smallest absolute Gasteiger partial charge is 0.407 e. The minimum Gasteiger partial charge on any atom is -1.00 e. The number of alkyl carbamates (subject to hydrolysis) is 1. The maximum Gasteiger partial charge on any atom is 0.407 e. The Kier molecular flexibility index (Phi) is 7.53. The van der Waals surface area contributed by atoms with Crippen molar-refractivity contribution in [3.05, 3.63) is 0 Å². The second kappa shape index (κ2) is 7.76. The van der Waals surface area contributed by atoms with E-state index < -0.39 is 6.09 Å². The van der Waals surface area contributed by atoms with Crippen LogP contribution < -0.4 is 22.6 Å². The Morgan fingerprint density at radius 3 is 2.81 bits per heavy atom. The number of ether oxygens (including phenoxy) is 1. The molecule has 0 saturated carbocycles. The first-order chi connectivity index (χ1) is 7.09. The molecule has 1 aliphatic rings. The third-order valence-electron chi connectivity index (χ3n) is 2.06.